The molecular formula is C18H19ClF5N3O3. The second kappa shape index (κ2) is 9.59. The Morgan fingerprint density at radius 3 is 2.50 bits per heavy atom. The molecule has 30 heavy (non-hydrogen) atoms. The van der Waals surface area contributed by atoms with Crippen molar-refractivity contribution in [2.45, 2.75) is 46.5 Å². The van der Waals surface area contributed by atoms with Crippen LogP contribution in [0.25, 0.3) is 11.3 Å². The lowest BCUT2D eigenvalue weighted by Gasteiger charge is -2.17. The molecule has 0 aliphatic carbocycles. The molecule has 2 aromatic heterocycles. The Labute approximate surface area is 173 Å². The highest BCUT2D eigenvalue weighted by Gasteiger charge is 2.36. The van der Waals surface area contributed by atoms with E-state index in [-0.39, 0.29) is 40.8 Å². The zero-order chi connectivity index (χ0) is 22.6. The van der Waals surface area contributed by atoms with Crippen molar-refractivity contribution in [2.24, 2.45) is 5.92 Å². The highest BCUT2D eigenvalue weighted by atomic mass is 35.5. The van der Waals surface area contributed by atoms with Crippen LogP contribution in [-0.2, 0) is 17.7 Å². The number of hydrogen-bond donors (Lipinski definition) is 0. The van der Waals surface area contributed by atoms with Gasteiger partial charge in [0.2, 0.25) is 0 Å². The molecule has 6 nitrogen and oxygen atoms in total. The number of ether oxygens (including phenoxy) is 2. The van der Waals surface area contributed by atoms with Gasteiger partial charge < -0.3 is 9.47 Å². The molecule has 0 spiro atoms. The summed E-state index contributed by atoms with van der Waals surface area (Å²) in [4.78, 5) is 16.0. The zero-order valence-electron chi connectivity index (χ0n) is 16.3. The molecule has 0 bridgehead atoms. The van der Waals surface area contributed by atoms with Gasteiger partial charge in [-0.3, -0.25) is 9.67 Å². The SMILES string of the molecule is CCOC(=O)c1nn(CC)c(-c2cnc(C[C@@H](C)C(F)(F)F)cc2OC(F)F)c1Cl. The molecule has 1 atom stereocenters. The van der Waals surface area contributed by atoms with Gasteiger partial charge >= 0.3 is 18.8 Å². The van der Waals surface area contributed by atoms with Gasteiger partial charge in [0.1, 0.15) is 10.8 Å². The van der Waals surface area contributed by atoms with Crippen LogP contribution in [0.4, 0.5) is 22.0 Å². The van der Waals surface area contributed by atoms with E-state index in [1.54, 1.807) is 13.8 Å². The van der Waals surface area contributed by atoms with Crippen molar-refractivity contribution in [3.05, 3.63) is 28.7 Å². The van der Waals surface area contributed by atoms with Gasteiger partial charge in [-0.15, -0.1) is 0 Å². The molecule has 0 aliphatic heterocycles. The van der Waals surface area contributed by atoms with Crippen molar-refractivity contribution in [3.8, 4) is 17.0 Å². The Kier molecular flexibility index (Phi) is 7.62. The number of pyridine rings is 1. The average molecular weight is 456 g/mol. The number of rotatable bonds is 8. The van der Waals surface area contributed by atoms with Crippen molar-refractivity contribution < 1.29 is 36.2 Å². The van der Waals surface area contributed by atoms with Gasteiger partial charge in [-0.1, -0.05) is 18.5 Å². The molecule has 0 N–H and O–H groups in total. The minimum Gasteiger partial charge on any atom is -0.461 e. The minimum atomic E-state index is -4.47. The molecule has 2 heterocycles. The van der Waals surface area contributed by atoms with Crippen molar-refractivity contribution in [2.75, 3.05) is 6.61 Å². The van der Waals surface area contributed by atoms with Crippen LogP contribution in [-0.4, -0.2) is 40.1 Å². The summed E-state index contributed by atoms with van der Waals surface area (Å²) in [5.41, 5.74) is -0.314. The van der Waals surface area contributed by atoms with Crippen LogP contribution in [0.3, 0.4) is 0 Å². The van der Waals surface area contributed by atoms with Crippen molar-refractivity contribution in [1.82, 2.24) is 14.8 Å². The first-order chi connectivity index (χ1) is 14.0. The largest absolute Gasteiger partial charge is 0.461 e. The van der Waals surface area contributed by atoms with Gasteiger partial charge in [-0.2, -0.15) is 27.1 Å². The Balaban J connectivity index is 2.56. The smallest absolute Gasteiger partial charge is 0.391 e. The summed E-state index contributed by atoms with van der Waals surface area (Å²) >= 11 is 6.26. The lowest BCUT2D eigenvalue weighted by Crippen LogP contribution is -2.22. The van der Waals surface area contributed by atoms with Crippen molar-refractivity contribution in [3.63, 3.8) is 0 Å². The van der Waals surface area contributed by atoms with Crippen molar-refractivity contribution >= 4 is 17.6 Å². The number of halogens is 6. The summed E-state index contributed by atoms with van der Waals surface area (Å²) < 4.78 is 75.1. The number of alkyl halides is 5. The van der Waals surface area contributed by atoms with E-state index in [1.807, 2.05) is 0 Å². The monoisotopic (exact) mass is 455 g/mol. The van der Waals surface area contributed by atoms with Crippen LogP contribution in [0.2, 0.25) is 5.02 Å². The van der Waals surface area contributed by atoms with E-state index >= 15 is 0 Å². The van der Waals surface area contributed by atoms with Crippen LogP contribution in [0.1, 0.15) is 37.0 Å². The van der Waals surface area contributed by atoms with Gasteiger partial charge in [0.05, 0.1) is 23.8 Å². The highest BCUT2D eigenvalue weighted by molar-refractivity contribution is 6.35. The van der Waals surface area contributed by atoms with E-state index < -0.39 is 36.8 Å². The van der Waals surface area contributed by atoms with E-state index in [0.29, 0.717) is 0 Å². The van der Waals surface area contributed by atoms with Gasteiger partial charge in [0.15, 0.2) is 5.69 Å². The molecule has 0 amide bonds. The first-order valence-electron chi connectivity index (χ1n) is 8.93. The minimum absolute atomic E-state index is 0.0476. The fourth-order valence-corrected chi connectivity index (χ4v) is 2.96. The Bertz CT molecular complexity index is 902. The second-order valence-corrected chi connectivity index (χ2v) is 6.62. The number of carbonyl (C=O) groups excluding carboxylic acids is 1. The summed E-state index contributed by atoms with van der Waals surface area (Å²) in [5.74, 6) is -2.98. The van der Waals surface area contributed by atoms with Crippen LogP contribution in [0.5, 0.6) is 5.75 Å². The van der Waals surface area contributed by atoms with E-state index in [4.69, 9.17) is 16.3 Å². The number of hydrogen-bond acceptors (Lipinski definition) is 5. The Hall–Kier alpha value is -2.43. The quantitative estimate of drug-likeness (QED) is 0.407. The number of aromatic nitrogens is 3. The second-order valence-electron chi connectivity index (χ2n) is 6.24. The third-order valence-corrected chi connectivity index (χ3v) is 4.49. The standard InChI is InChI=1S/C18H19ClF5N3O3/c1-4-27-15(13(19)14(26-27)16(28)29-5-2)11-8-25-10(6-9(3)18(22,23)24)7-12(11)30-17(20)21/h7-9,17H,4-6H2,1-3H3/t9-/m1/s1. The number of esters is 1. The van der Waals surface area contributed by atoms with E-state index in [9.17, 15) is 26.7 Å². The number of aryl methyl sites for hydroxylation is 1. The van der Waals surface area contributed by atoms with E-state index in [1.165, 1.54) is 4.68 Å². The third-order valence-electron chi connectivity index (χ3n) is 4.13. The molecule has 2 rings (SSSR count). The maximum Gasteiger partial charge on any atom is 0.391 e. The first kappa shape index (κ1) is 23.8. The first-order valence-corrected chi connectivity index (χ1v) is 9.31. The summed E-state index contributed by atoms with van der Waals surface area (Å²) in [6, 6.07) is 0.997. The lowest BCUT2D eigenvalue weighted by molar-refractivity contribution is -0.169. The molecule has 0 radical (unpaired) electrons. The van der Waals surface area contributed by atoms with Gasteiger partial charge in [0.25, 0.3) is 0 Å². The molecule has 0 saturated carbocycles. The zero-order valence-corrected chi connectivity index (χ0v) is 17.0. The average Bonchev–Trinajstić information content (AvgIpc) is 2.97. The molecular weight excluding hydrogens is 437 g/mol. The topological polar surface area (TPSA) is 66.2 Å². The summed E-state index contributed by atoms with van der Waals surface area (Å²) in [7, 11) is 0. The van der Waals surface area contributed by atoms with E-state index in [2.05, 4.69) is 14.8 Å². The molecule has 0 unspecified atom stereocenters. The maximum atomic E-state index is 13.0. The summed E-state index contributed by atoms with van der Waals surface area (Å²) in [6.07, 6.45) is -3.93. The summed E-state index contributed by atoms with van der Waals surface area (Å²) in [6.45, 7) is 1.23. The van der Waals surface area contributed by atoms with Crippen LogP contribution < -0.4 is 4.74 Å². The van der Waals surface area contributed by atoms with Gasteiger partial charge in [0, 0.05) is 30.9 Å². The van der Waals surface area contributed by atoms with Crippen molar-refractivity contribution in [1.29, 1.82) is 0 Å². The van der Waals surface area contributed by atoms with E-state index in [0.717, 1.165) is 19.2 Å². The fraction of sp³-hybridized carbons (Fsp3) is 0.500. The molecule has 0 aromatic carbocycles. The molecule has 0 aliphatic rings. The lowest BCUT2D eigenvalue weighted by atomic mass is 10.0. The molecule has 0 saturated heterocycles. The molecule has 12 heteroatoms. The fourth-order valence-electron chi connectivity index (χ4n) is 2.65. The number of nitrogens with zero attached hydrogens (tertiary/aromatic N) is 3. The van der Waals surface area contributed by atoms with Gasteiger partial charge in [-0.05, 0) is 13.8 Å². The molecule has 0 fully saturated rings. The van der Waals surface area contributed by atoms with Crippen LogP contribution >= 0.6 is 11.6 Å². The predicted octanol–water partition coefficient (Wildman–Crippen LogP) is 5.14. The maximum absolute atomic E-state index is 13.0. The van der Waals surface area contributed by atoms with Crippen LogP contribution in [0, 0.1) is 5.92 Å². The summed E-state index contributed by atoms with van der Waals surface area (Å²) in [5, 5.41) is 3.86. The third kappa shape index (κ3) is 5.38. The Morgan fingerprint density at radius 2 is 1.97 bits per heavy atom. The number of carbonyl (C=O) groups is 1. The molecule has 2 aromatic rings. The van der Waals surface area contributed by atoms with Crippen LogP contribution in [0.15, 0.2) is 12.3 Å². The van der Waals surface area contributed by atoms with Gasteiger partial charge in [-0.25, -0.2) is 4.79 Å². The predicted molar refractivity (Wildman–Crippen MR) is 97.7 cm³/mol. The normalized spacial score (nSPS) is 12.9. The highest BCUT2D eigenvalue weighted by Crippen LogP contribution is 2.38. The Morgan fingerprint density at radius 1 is 1.30 bits per heavy atom. The molecule has 166 valence electrons.